The molecular weight excluding hydrogens is 318 g/mol. The fourth-order valence-corrected chi connectivity index (χ4v) is 3.48. The summed E-state index contributed by atoms with van der Waals surface area (Å²) in [5.74, 6) is 1.02. The zero-order chi connectivity index (χ0) is 17.1. The van der Waals surface area contributed by atoms with Crippen LogP contribution in [0.1, 0.15) is 60.9 Å². The lowest BCUT2D eigenvalue weighted by atomic mass is 10.1. The van der Waals surface area contributed by atoms with Gasteiger partial charge in [0.15, 0.2) is 5.82 Å². The lowest BCUT2D eigenvalue weighted by Gasteiger charge is -2.14. The molecule has 7 heteroatoms. The molecule has 0 unspecified atom stereocenters. The van der Waals surface area contributed by atoms with Crippen LogP contribution < -0.4 is 5.32 Å². The molecule has 0 aromatic carbocycles. The summed E-state index contributed by atoms with van der Waals surface area (Å²) in [6.45, 7) is 2.60. The Morgan fingerprint density at radius 3 is 2.88 bits per heavy atom. The summed E-state index contributed by atoms with van der Waals surface area (Å²) in [6, 6.07) is 5.50. The minimum Gasteiger partial charge on any atom is -0.337 e. The predicted octanol–water partition coefficient (Wildman–Crippen LogP) is 2.57. The Balaban J connectivity index is 1.53. The number of pyridine rings is 1. The van der Waals surface area contributed by atoms with Gasteiger partial charge in [0, 0.05) is 13.1 Å². The quantitative estimate of drug-likeness (QED) is 0.924. The van der Waals surface area contributed by atoms with E-state index in [9.17, 15) is 4.79 Å². The molecule has 0 spiro atoms. The number of likely N-dealkylation sites (tertiary alicyclic amines) is 1. The summed E-state index contributed by atoms with van der Waals surface area (Å²) < 4.78 is 5.42. The summed E-state index contributed by atoms with van der Waals surface area (Å²) >= 11 is 0. The molecule has 132 valence electrons. The number of nitrogens with zero attached hydrogens (tertiary/aromatic N) is 4. The maximum absolute atomic E-state index is 12.5. The van der Waals surface area contributed by atoms with Crippen molar-refractivity contribution in [3.8, 4) is 11.6 Å². The van der Waals surface area contributed by atoms with E-state index in [1.165, 1.54) is 19.3 Å². The highest BCUT2D eigenvalue weighted by Gasteiger charge is 2.23. The Hall–Kier alpha value is -2.28. The van der Waals surface area contributed by atoms with Crippen molar-refractivity contribution >= 4 is 5.91 Å². The van der Waals surface area contributed by atoms with Crippen molar-refractivity contribution in [2.24, 2.45) is 0 Å². The van der Waals surface area contributed by atoms with E-state index in [4.69, 9.17) is 4.52 Å². The Bertz CT molecular complexity index is 731. The molecule has 4 heterocycles. The van der Waals surface area contributed by atoms with Crippen LogP contribution in [0.25, 0.3) is 11.6 Å². The second-order valence-corrected chi connectivity index (χ2v) is 6.72. The summed E-state index contributed by atoms with van der Waals surface area (Å²) in [5, 5.41) is 7.59. The van der Waals surface area contributed by atoms with Gasteiger partial charge in [-0.1, -0.05) is 24.1 Å². The average Bonchev–Trinajstić information content (AvgIpc) is 3.29. The third kappa shape index (κ3) is 3.56. The van der Waals surface area contributed by atoms with Crippen molar-refractivity contribution in [2.45, 2.75) is 44.6 Å². The van der Waals surface area contributed by atoms with Gasteiger partial charge >= 0.3 is 0 Å². The molecule has 2 aromatic rings. The van der Waals surface area contributed by atoms with E-state index < -0.39 is 0 Å². The molecule has 0 radical (unpaired) electrons. The fraction of sp³-hybridized carbons (Fsp3) is 0.556. The number of hydrogen-bond acceptors (Lipinski definition) is 6. The first-order chi connectivity index (χ1) is 12.3. The van der Waals surface area contributed by atoms with Crippen LogP contribution in [0.15, 0.2) is 22.7 Å². The topological polar surface area (TPSA) is 84.2 Å². The van der Waals surface area contributed by atoms with Gasteiger partial charge in [-0.15, -0.1) is 0 Å². The molecule has 2 aliphatic rings. The zero-order valence-corrected chi connectivity index (χ0v) is 14.3. The van der Waals surface area contributed by atoms with Crippen LogP contribution in [-0.2, 0) is 0 Å². The molecule has 2 fully saturated rings. The van der Waals surface area contributed by atoms with Crippen LogP contribution in [0.3, 0.4) is 0 Å². The van der Waals surface area contributed by atoms with E-state index in [1.807, 2.05) is 11.0 Å². The third-order valence-corrected chi connectivity index (χ3v) is 4.89. The van der Waals surface area contributed by atoms with Crippen molar-refractivity contribution in [1.82, 2.24) is 25.3 Å². The Kier molecular flexibility index (Phi) is 4.74. The minimum atomic E-state index is -0.0236. The zero-order valence-electron chi connectivity index (χ0n) is 14.3. The molecule has 1 atom stereocenters. The van der Waals surface area contributed by atoms with E-state index in [1.54, 1.807) is 12.1 Å². The van der Waals surface area contributed by atoms with Crippen LogP contribution in [-0.4, -0.2) is 45.6 Å². The van der Waals surface area contributed by atoms with Crippen molar-refractivity contribution in [1.29, 1.82) is 0 Å². The fourth-order valence-electron chi connectivity index (χ4n) is 3.48. The van der Waals surface area contributed by atoms with E-state index in [0.29, 0.717) is 23.1 Å². The third-order valence-electron chi connectivity index (χ3n) is 4.89. The second-order valence-electron chi connectivity index (χ2n) is 6.72. The highest BCUT2D eigenvalue weighted by Crippen LogP contribution is 2.23. The first kappa shape index (κ1) is 16.2. The minimum absolute atomic E-state index is 0.0236. The Morgan fingerprint density at radius 1 is 1.12 bits per heavy atom. The van der Waals surface area contributed by atoms with Crippen molar-refractivity contribution in [3.05, 3.63) is 29.7 Å². The number of carbonyl (C=O) groups excluding carboxylic acids is 1. The second kappa shape index (κ2) is 7.31. The molecule has 1 N–H and O–H groups in total. The molecule has 0 saturated carbocycles. The summed E-state index contributed by atoms with van der Waals surface area (Å²) in [4.78, 5) is 23.3. The SMILES string of the molecule is O=C(c1cccc(-c2nc([C@H]3CCCCCN3)no2)n1)N1CCCC1. The number of rotatable bonds is 3. The number of aromatic nitrogens is 3. The Labute approximate surface area is 146 Å². The lowest BCUT2D eigenvalue weighted by molar-refractivity contribution is 0.0787. The molecular formula is C18H23N5O2. The molecule has 0 aliphatic carbocycles. The highest BCUT2D eigenvalue weighted by molar-refractivity contribution is 5.92. The van der Waals surface area contributed by atoms with Crippen LogP contribution in [0.2, 0.25) is 0 Å². The largest absolute Gasteiger partial charge is 0.337 e. The van der Waals surface area contributed by atoms with E-state index in [2.05, 4.69) is 20.4 Å². The Morgan fingerprint density at radius 2 is 2.00 bits per heavy atom. The standard InChI is InChI=1S/C18H23N5O2/c24-18(23-11-4-5-12-23)15-9-6-8-14(20-15)17-21-16(22-25-17)13-7-2-1-3-10-19-13/h6,8-9,13,19H,1-5,7,10-12H2/t13-/m1/s1. The summed E-state index contributed by atoms with van der Waals surface area (Å²) in [7, 11) is 0. The van der Waals surface area contributed by atoms with Gasteiger partial charge in [-0.2, -0.15) is 4.98 Å². The van der Waals surface area contributed by atoms with E-state index in [-0.39, 0.29) is 11.9 Å². The van der Waals surface area contributed by atoms with Gasteiger partial charge in [0.1, 0.15) is 11.4 Å². The van der Waals surface area contributed by atoms with Crippen molar-refractivity contribution in [2.75, 3.05) is 19.6 Å². The van der Waals surface area contributed by atoms with E-state index >= 15 is 0 Å². The van der Waals surface area contributed by atoms with E-state index in [0.717, 1.165) is 38.9 Å². The lowest BCUT2D eigenvalue weighted by Crippen LogP contribution is -2.28. The molecule has 0 bridgehead atoms. The van der Waals surface area contributed by atoms with Crippen LogP contribution >= 0.6 is 0 Å². The summed E-state index contributed by atoms with van der Waals surface area (Å²) in [6.07, 6.45) is 6.72. The number of hydrogen-bond donors (Lipinski definition) is 1. The number of nitrogens with one attached hydrogen (secondary N) is 1. The van der Waals surface area contributed by atoms with Gasteiger partial charge in [-0.25, -0.2) is 4.98 Å². The smallest absolute Gasteiger partial charge is 0.276 e. The molecule has 7 nitrogen and oxygen atoms in total. The van der Waals surface area contributed by atoms with Gasteiger partial charge in [-0.3, -0.25) is 4.79 Å². The van der Waals surface area contributed by atoms with Gasteiger partial charge < -0.3 is 14.7 Å². The molecule has 2 aliphatic heterocycles. The molecule has 2 saturated heterocycles. The molecule has 2 aromatic heterocycles. The number of carbonyl (C=O) groups is 1. The van der Waals surface area contributed by atoms with Crippen LogP contribution in [0.4, 0.5) is 0 Å². The molecule has 4 rings (SSSR count). The number of amides is 1. The van der Waals surface area contributed by atoms with Crippen LogP contribution in [0.5, 0.6) is 0 Å². The molecule has 25 heavy (non-hydrogen) atoms. The monoisotopic (exact) mass is 341 g/mol. The van der Waals surface area contributed by atoms with Crippen molar-refractivity contribution in [3.63, 3.8) is 0 Å². The first-order valence-corrected chi connectivity index (χ1v) is 9.15. The van der Waals surface area contributed by atoms with Gasteiger partial charge in [-0.05, 0) is 44.4 Å². The first-order valence-electron chi connectivity index (χ1n) is 9.15. The average molecular weight is 341 g/mol. The normalized spacial score (nSPS) is 21.3. The van der Waals surface area contributed by atoms with Crippen molar-refractivity contribution < 1.29 is 9.32 Å². The highest BCUT2D eigenvalue weighted by atomic mass is 16.5. The van der Waals surface area contributed by atoms with Crippen LogP contribution in [0, 0.1) is 0 Å². The predicted molar refractivity (Wildman–Crippen MR) is 91.9 cm³/mol. The van der Waals surface area contributed by atoms with Gasteiger partial charge in [0.2, 0.25) is 0 Å². The summed E-state index contributed by atoms with van der Waals surface area (Å²) in [5.41, 5.74) is 0.990. The maximum Gasteiger partial charge on any atom is 0.276 e. The molecule has 1 amide bonds. The van der Waals surface area contributed by atoms with Gasteiger partial charge in [0.05, 0.1) is 6.04 Å². The van der Waals surface area contributed by atoms with Gasteiger partial charge in [0.25, 0.3) is 11.8 Å². The maximum atomic E-state index is 12.5.